The fourth-order valence-corrected chi connectivity index (χ4v) is 3.68. The topological polar surface area (TPSA) is 45.7 Å². The maximum Gasteiger partial charge on any atom is 0.339 e. The van der Waals surface area contributed by atoms with Gasteiger partial charge in [-0.1, -0.05) is 24.3 Å². The van der Waals surface area contributed by atoms with Crippen molar-refractivity contribution in [2.24, 2.45) is 0 Å². The van der Waals surface area contributed by atoms with E-state index in [9.17, 15) is 4.79 Å². The van der Waals surface area contributed by atoms with Crippen LogP contribution in [0.1, 0.15) is 34.9 Å². The fraction of sp³-hybridized carbons (Fsp3) is 0.400. The van der Waals surface area contributed by atoms with Gasteiger partial charge < -0.3 is 9.64 Å². The molecule has 0 saturated carbocycles. The molecule has 4 rings (SSSR count). The molecule has 2 aromatic rings. The molecule has 2 aliphatic rings. The molecule has 0 bridgehead atoms. The van der Waals surface area contributed by atoms with Crippen molar-refractivity contribution in [3.8, 4) is 0 Å². The van der Waals surface area contributed by atoms with Crippen LogP contribution in [0.15, 0.2) is 48.7 Å². The first-order valence-corrected chi connectivity index (χ1v) is 8.99. The van der Waals surface area contributed by atoms with Gasteiger partial charge in [-0.3, -0.25) is 4.90 Å². The molecule has 1 saturated heterocycles. The summed E-state index contributed by atoms with van der Waals surface area (Å²) in [4.78, 5) is 21.1. The highest BCUT2D eigenvalue weighted by molar-refractivity contribution is 5.93. The predicted octanol–water partition coefficient (Wildman–Crippen LogP) is 2.90. The fourth-order valence-electron chi connectivity index (χ4n) is 3.68. The predicted molar refractivity (Wildman–Crippen MR) is 96.7 cm³/mol. The van der Waals surface area contributed by atoms with Crippen molar-refractivity contribution in [2.45, 2.75) is 18.9 Å². The first-order chi connectivity index (χ1) is 12.3. The van der Waals surface area contributed by atoms with Gasteiger partial charge in [-0.05, 0) is 37.6 Å². The van der Waals surface area contributed by atoms with E-state index in [1.807, 2.05) is 42.6 Å². The molecule has 0 N–H and O–H groups in total. The van der Waals surface area contributed by atoms with Crippen molar-refractivity contribution in [1.29, 1.82) is 0 Å². The largest absolute Gasteiger partial charge is 0.454 e. The van der Waals surface area contributed by atoms with Crippen molar-refractivity contribution in [3.63, 3.8) is 0 Å². The smallest absolute Gasteiger partial charge is 0.339 e. The molecule has 1 unspecified atom stereocenters. The summed E-state index contributed by atoms with van der Waals surface area (Å²) < 4.78 is 5.52. The number of hydrogen-bond donors (Lipinski definition) is 0. The minimum absolute atomic E-state index is 0.0708. The lowest BCUT2D eigenvalue weighted by Crippen LogP contribution is -2.46. The Morgan fingerprint density at radius 2 is 1.84 bits per heavy atom. The Bertz CT molecular complexity index is 727. The Labute approximate surface area is 148 Å². The minimum atomic E-state index is -0.176. The first-order valence-electron chi connectivity index (χ1n) is 8.99. The highest BCUT2D eigenvalue weighted by Gasteiger charge is 2.30. The normalized spacial score (nSPS) is 20.4. The number of aromatic nitrogens is 1. The number of anilines is 1. The van der Waals surface area contributed by atoms with Crippen LogP contribution >= 0.6 is 0 Å². The number of rotatable bonds is 5. The van der Waals surface area contributed by atoms with Crippen LogP contribution in [0.4, 0.5) is 5.82 Å². The highest BCUT2D eigenvalue weighted by Crippen LogP contribution is 2.33. The Kier molecular flexibility index (Phi) is 4.65. The number of esters is 1. The molecule has 130 valence electrons. The molecule has 1 atom stereocenters. The number of nitrogens with zero attached hydrogens (tertiary/aromatic N) is 3. The summed E-state index contributed by atoms with van der Waals surface area (Å²) >= 11 is 0. The molecule has 5 nitrogen and oxygen atoms in total. The molecule has 0 radical (unpaired) electrons. The van der Waals surface area contributed by atoms with E-state index in [-0.39, 0.29) is 12.1 Å². The average Bonchev–Trinajstić information content (AvgIpc) is 2.99. The standard InChI is InChI=1S/C20H23N3O2/c24-20-17-7-2-1-6-16(17)18(25-20)8-5-11-22-12-14-23(15-13-22)19-9-3-4-10-21-19/h1-4,6-7,9-10,18H,5,8,11-15H2. The number of benzene rings is 1. The second kappa shape index (κ2) is 7.23. The SMILES string of the molecule is O=C1OC(CCCN2CCN(c3ccccn3)CC2)c2ccccc21. The Morgan fingerprint density at radius 3 is 2.64 bits per heavy atom. The molecule has 0 amide bonds. The molecule has 0 aliphatic carbocycles. The number of ether oxygens (including phenoxy) is 1. The summed E-state index contributed by atoms with van der Waals surface area (Å²) in [5.41, 5.74) is 1.78. The highest BCUT2D eigenvalue weighted by atomic mass is 16.5. The third-order valence-electron chi connectivity index (χ3n) is 5.06. The molecule has 5 heteroatoms. The first kappa shape index (κ1) is 16.1. The van der Waals surface area contributed by atoms with Crippen molar-refractivity contribution in [1.82, 2.24) is 9.88 Å². The number of carbonyl (C=O) groups is 1. The van der Waals surface area contributed by atoms with Gasteiger partial charge in [0.15, 0.2) is 0 Å². The summed E-state index contributed by atoms with van der Waals surface area (Å²) in [6.45, 7) is 5.18. The summed E-state index contributed by atoms with van der Waals surface area (Å²) in [5.74, 6) is 0.890. The Hall–Kier alpha value is -2.40. The third-order valence-corrected chi connectivity index (χ3v) is 5.06. The van der Waals surface area contributed by atoms with Crippen LogP contribution in [0.2, 0.25) is 0 Å². The van der Waals surface area contributed by atoms with Crippen molar-refractivity contribution in [2.75, 3.05) is 37.6 Å². The lowest BCUT2D eigenvalue weighted by atomic mass is 10.0. The number of hydrogen-bond acceptors (Lipinski definition) is 5. The van der Waals surface area contributed by atoms with Crippen LogP contribution in [0.3, 0.4) is 0 Å². The molecule has 2 aliphatic heterocycles. The zero-order valence-corrected chi connectivity index (χ0v) is 14.3. The number of pyridine rings is 1. The lowest BCUT2D eigenvalue weighted by molar-refractivity contribution is 0.0358. The second-order valence-corrected chi connectivity index (χ2v) is 6.64. The van der Waals surface area contributed by atoms with Gasteiger partial charge in [-0.25, -0.2) is 9.78 Å². The van der Waals surface area contributed by atoms with E-state index in [1.54, 1.807) is 0 Å². The number of piperazine rings is 1. The Morgan fingerprint density at radius 1 is 1.04 bits per heavy atom. The van der Waals surface area contributed by atoms with Gasteiger partial charge in [0.25, 0.3) is 0 Å². The third kappa shape index (κ3) is 3.51. The minimum Gasteiger partial charge on any atom is -0.454 e. The van der Waals surface area contributed by atoms with E-state index < -0.39 is 0 Å². The second-order valence-electron chi connectivity index (χ2n) is 6.64. The van der Waals surface area contributed by atoms with E-state index in [2.05, 4.69) is 20.9 Å². The molecular formula is C20H23N3O2. The molecule has 0 spiro atoms. The number of cyclic esters (lactones) is 1. The number of carbonyl (C=O) groups excluding carboxylic acids is 1. The quantitative estimate of drug-likeness (QED) is 0.785. The van der Waals surface area contributed by atoms with Crippen molar-refractivity contribution < 1.29 is 9.53 Å². The maximum atomic E-state index is 11.9. The van der Waals surface area contributed by atoms with Crippen molar-refractivity contribution >= 4 is 11.8 Å². The molecule has 3 heterocycles. The van der Waals surface area contributed by atoms with Crippen LogP contribution in [0.5, 0.6) is 0 Å². The van der Waals surface area contributed by atoms with E-state index >= 15 is 0 Å². The molecule has 1 aromatic carbocycles. The Balaban J connectivity index is 1.24. The van der Waals surface area contributed by atoms with Gasteiger partial charge in [-0.15, -0.1) is 0 Å². The van der Waals surface area contributed by atoms with Crippen LogP contribution in [0.25, 0.3) is 0 Å². The summed E-state index contributed by atoms with van der Waals surface area (Å²) in [6, 6.07) is 13.8. The van der Waals surface area contributed by atoms with Crippen LogP contribution < -0.4 is 4.90 Å². The van der Waals surface area contributed by atoms with Gasteiger partial charge >= 0.3 is 5.97 Å². The van der Waals surface area contributed by atoms with E-state index in [0.29, 0.717) is 0 Å². The monoisotopic (exact) mass is 337 g/mol. The van der Waals surface area contributed by atoms with Gasteiger partial charge in [0.1, 0.15) is 11.9 Å². The van der Waals surface area contributed by atoms with E-state index in [0.717, 1.165) is 62.5 Å². The van der Waals surface area contributed by atoms with Crippen LogP contribution in [0, 0.1) is 0 Å². The zero-order valence-electron chi connectivity index (χ0n) is 14.3. The van der Waals surface area contributed by atoms with Gasteiger partial charge in [0.2, 0.25) is 0 Å². The molecule has 1 aromatic heterocycles. The van der Waals surface area contributed by atoms with Crippen LogP contribution in [-0.4, -0.2) is 48.6 Å². The molecule has 1 fully saturated rings. The lowest BCUT2D eigenvalue weighted by Gasteiger charge is -2.35. The van der Waals surface area contributed by atoms with Gasteiger partial charge in [0, 0.05) is 37.9 Å². The summed E-state index contributed by atoms with van der Waals surface area (Å²) in [7, 11) is 0. The summed E-state index contributed by atoms with van der Waals surface area (Å²) in [6.07, 6.45) is 3.71. The maximum absolute atomic E-state index is 11.9. The zero-order chi connectivity index (χ0) is 17.1. The number of fused-ring (bicyclic) bond motifs is 1. The van der Waals surface area contributed by atoms with Gasteiger partial charge in [0.05, 0.1) is 5.56 Å². The van der Waals surface area contributed by atoms with Crippen LogP contribution in [-0.2, 0) is 4.74 Å². The molecule has 25 heavy (non-hydrogen) atoms. The average molecular weight is 337 g/mol. The molecular weight excluding hydrogens is 314 g/mol. The van der Waals surface area contributed by atoms with Crippen molar-refractivity contribution in [3.05, 3.63) is 59.8 Å². The van der Waals surface area contributed by atoms with E-state index in [1.165, 1.54) is 0 Å². The van der Waals surface area contributed by atoms with Gasteiger partial charge in [-0.2, -0.15) is 0 Å². The summed E-state index contributed by atoms with van der Waals surface area (Å²) in [5, 5.41) is 0. The van der Waals surface area contributed by atoms with E-state index in [4.69, 9.17) is 4.74 Å².